The molecule has 0 aliphatic heterocycles. The molecule has 1 aromatic carbocycles. The Morgan fingerprint density at radius 3 is 2.89 bits per heavy atom. The van der Waals surface area contributed by atoms with Crippen molar-refractivity contribution in [3.8, 4) is 0 Å². The number of carbonyl (C=O) groups excluding carboxylic acids is 1. The molecule has 0 saturated carbocycles. The number of benzene rings is 1. The lowest BCUT2D eigenvalue weighted by atomic mass is 10.2. The zero-order valence-electron chi connectivity index (χ0n) is 10.8. The van der Waals surface area contributed by atoms with Crippen molar-refractivity contribution >= 4 is 33.3 Å². The van der Waals surface area contributed by atoms with Crippen LogP contribution in [0.2, 0.25) is 0 Å². The van der Waals surface area contributed by atoms with E-state index in [4.69, 9.17) is 0 Å². The molecule has 0 aliphatic rings. The average molecular weight is 276 g/mol. The van der Waals surface area contributed by atoms with E-state index in [1.54, 1.807) is 12.5 Å². The van der Waals surface area contributed by atoms with Gasteiger partial charge in [-0.1, -0.05) is 18.2 Å². The van der Waals surface area contributed by atoms with Gasteiger partial charge in [0, 0.05) is 40.8 Å². The SMILES string of the molecule is CS(=O)CCCC(=O)Nc1cccc2cccnc12. The Morgan fingerprint density at radius 1 is 1.32 bits per heavy atom. The highest BCUT2D eigenvalue weighted by Crippen LogP contribution is 2.20. The number of pyridine rings is 1. The molecular formula is C14H16N2O2S. The molecule has 0 bridgehead atoms. The minimum atomic E-state index is -0.843. The minimum absolute atomic E-state index is 0.0661. The van der Waals surface area contributed by atoms with Crippen molar-refractivity contribution in [1.29, 1.82) is 0 Å². The van der Waals surface area contributed by atoms with E-state index in [1.807, 2.05) is 30.3 Å². The van der Waals surface area contributed by atoms with Crippen LogP contribution in [0.1, 0.15) is 12.8 Å². The quantitative estimate of drug-likeness (QED) is 0.911. The van der Waals surface area contributed by atoms with E-state index in [-0.39, 0.29) is 5.91 Å². The Morgan fingerprint density at radius 2 is 2.11 bits per heavy atom. The van der Waals surface area contributed by atoms with E-state index in [2.05, 4.69) is 10.3 Å². The number of hydrogen-bond acceptors (Lipinski definition) is 3. The van der Waals surface area contributed by atoms with Gasteiger partial charge in [0.25, 0.3) is 0 Å². The number of aromatic nitrogens is 1. The Hall–Kier alpha value is -1.75. The number of anilines is 1. The fourth-order valence-corrected chi connectivity index (χ4v) is 2.40. The third-order valence-electron chi connectivity index (χ3n) is 2.74. The van der Waals surface area contributed by atoms with Gasteiger partial charge in [-0.15, -0.1) is 0 Å². The molecular weight excluding hydrogens is 260 g/mol. The lowest BCUT2D eigenvalue weighted by Gasteiger charge is -2.07. The number of hydrogen-bond donors (Lipinski definition) is 1. The van der Waals surface area contributed by atoms with Crippen molar-refractivity contribution in [1.82, 2.24) is 4.98 Å². The van der Waals surface area contributed by atoms with E-state index in [1.165, 1.54) is 0 Å². The molecule has 1 amide bonds. The lowest BCUT2D eigenvalue weighted by Crippen LogP contribution is -2.12. The first-order valence-corrected chi connectivity index (χ1v) is 7.83. The number of carbonyl (C=O) groups is 1. The van der Waals surface area contributed by atoms with Crippen LogP contribution in [0.3, 0.4) is 0 Å². The molecule has 0 spiro atoms. The monoisotopic (exact) mass is 276 g/mol. The van der Waals surface area contributed by atoms with Crippen LogP contribution in [0.4, 0.5) is 5.69 Å². The maximum absolute atomic E-state index is 11.8. The third-order valence-corrected chi connectivity index (χ3v) is 3.61. The van der Waals surface area contributed by atoms with E-state index in [0.717, 1.165) is 16.6 Å². The highest BCUT2D eigenvalue weighted by atomic mass is 32.2. The second kappa shape index (κ2) is 6.43. The summed E-state index contributed by atoms with van der Waals surface area (Å²) in [5.74, 6) is 0.491. The van der Waals surface area contributed by atoms with Gasteiger partial charge in [0.05, 0.1) is 11.2 Å². The number of rotatable bonds is 5. The number of fused-ring (bicyclic) bond motifs is 1. The summed E-state index contributed by atoms with van der Waals surface area (Å²) in [6.45, 7) is 0. The number of nitrogens with zero attached hydrogens (tertiary/aromatic N) is 1. The summed E-state index contributed by atoms with van der Waals surface area (Å²) in [5.41, 5.74) is 1.51. The van der Waals surface area contributed by atoms with Gasteiger partial charge in [-0.3, -0.25) is 14.0 Å². The van der Waals surface area contributed by atoms with Crippen LogP contribution in [-0.2, 0) is 15.6 Å². The lowest BCUT2D eigenvalue weighted by molar-refractivity contribution is -0.116. The van der Waals surface area contributed by atoms with Gasteiger partial charge in [0.2, 0.25) is 5.91 Å². The summed E-state index contributed by atoms with van der Waals surface area (Å²) >= 11 is 0. The summed E-state index contributed by atoms with van der Waals surface area (Å²) in [7, 11) is -0.843. The first kappa shape index (κ1) is 13.7. The first-order chi connectivity index (χ1) is 9.16. The predicted molar refractivity (Wildman–Crippen MR) is 78.5 cm³/mol. The summed E-state index contributed by atoms with van der Waals surface area (Å²) in [6.07, 6.45) is 4.36. The molecule has 1 aromatic heterocycles. The van der Waals surface area contributed by atoms with E-state index in [0.29, 0.717) is 18.6 Å². The van der Waals surface area contributed by atoms with Crippen LogP contribution >= 0.6 is 0 Å². The topological polar surface area (TPSA) is 59.1 Å². The van der Waals surface area contributed by atoms with Crippen LogP contribution in [0.15, 0.2) is 36.5 Å². The van der Waals surface area contributed by atoms with Crippen molar-refractivity contribution < 1.29 is 9.00 Å². The van der Waals surface area contributed by atoms with Gasteiger partial charge in [0.1, 0.15) is 0 Å². The summed E-state index contributed by atoms with van der Waals surface area (Å²) in [5, 5.41) is 3.85. The predicted octanol–water partition coefficient (Wildman–Crippen LogP) is 2.33. The first-order valence-electron chi connectivity index (χ1n) is 6.10. The van der Waals surface area contributed by atoms with Crippen LogP contribution in [0.5, 0.6) is 0 Å². The van der Waals surface area contributed by atoms with Gasteiger partial charge in [-0.2, -0.15) is 0 Å². The van der Waals surface area contributed by atoms with Crippen LogP contribution < -0.4 is 5.32 Å². The zero-order valence-corrected chi connectivity index (χ0v) is 11.6. The molecule has 0 fully saturated rings. The van der Waals surface area contributed by atoms with Crippen molar-refractivity contribution in [3.05, 3.63) is 36.5 Å². The van der Waals surface area contributed by atoms with Crippen molar-refractivity contribution in [2.45, 2.75) is 12.8 Å². The molecule has 0 aliphatic carbocycles. The van der Waals surface area contributed by atoms with Crippen molar-refractivity contribution in [3.63, 3.8) is 0 Å². The third kappa shape index (κ3) is 3.86. The maximum atomic E-state index is 11.8. The molecule has 5 heteroatoms. The number of nitrogens with one attached hydrogen (secondary N) is 1. The molecule has 100 valence electrons. The normalized spacial score (nSPS) is 12.3. The number of para-hydroxylation sites is 1. The van der Waals surface area contributed by atoms with Crippen LogP contribution in [-0.4, -0.2) is 27.1 Å². The standard InChI is InChI=1S/C14H16N2O2S/c1-19(18)10-4-8-13(17)16-12-7-2-5-11-6-3-9-15-14(11)12/h2-3,5-7,9H,4,8,10H2,1H3,(H,16,17). The Kier molecular flexibility index (Phi) is 4.63. The summed E-state index contributed by atoms with van der Waals surface area (Å²) < 4.78 is 10.9. The Labute approximate surface area is 114 Å². The second-order valence-corrected chi connectivity index (χ2v) is 5.86. The fraction of sp³-hybridized carbons (Fsp3) is 0.286. The van der Waals surface area contributed by atoms with Crippen molar-refractivity contribution in [2.24, 2.45) is 0 Å². The van der Waals surface area contributed by atoms with Gasteiger partial charge in [-0.25, -0.2) is 0 Å². The molecule has 2 aromatic rings. The molecule has 1 heterocycles. The summed E-state index contributed by atoms with van der Waals surface area (Å²) in [4.78, 5) is 16.1. The summed E-state index contributed by atoms with van der Waals surface area (Å²) in [6, 6.07) is 9.51. The minimum Gasteiger partial charge on any atom is -0.324 e. The molecule has 2 rings (SSSR count). The maximum Gasteiger partial charge on any atom is 0.224 e. The largest absolute Gasteiger partial charge is 0.324 e. The second-order valence-electron chi connectivity index (χ2n) is 4.31. The molecule has 0 radical (unpaired) electrons. The molecule has 1 N–H and O–H groups in total. The van der Waals surface area contributed by atoms with Gasteiger partial charge < -0.3 is 5.32 Å². The highest BCUT2D eigenvalue weighted by Gasteiger charge is 2.06. The van der Waals surface area contributed by atoms with Crippen molar-refractivity contribution in [2.75, 3.05) is 17.3 Å². The highest BCUT2D eigenvalue weighted by molar-refractivity contribution is 7.84. The fourth-order valence-electron chi connectivity index (χ4n) is 1.85. The Balaban J connectivity index is 2.05. The van der Waals surface area contributed by atoms with Crippen LogP contribution in [0.25, 0.3) is 10.9 Å². The smallest absolute Gasteiger partial charge is 0.224 e. The number of amides is 1. The molecule has 19 heavy (non-hydrogen) atoms. The van der Waals surface area contributed by atoms with E-state index >= 15 is 0 Å². The molecule has 1 atom stereocenters. The van der Waals surface area contributed by atoms with E-state index in [9.17, 15) is 9.00 Å². The van der Waals surface area contributed by atoms with Gasteiger partial charge >= 0.3 is 0 Å². The molecule has 0 saturated heterocycles. The van der Waals surface area contributed by atoms with Crippen LogP contribution in [0, 0.1) is 0 Å². The van der Waals surface area contributed by atoms with Gasteiger partial charge in [-0.05, 0) is 18.6 Å². The zero-order chi connectivity index (χ0) is 13.7. The van der Waals surface area contributed by atoms with E-state index < -0.39 is 10.8 Å². The average Bonchev–Trinajstić information content (AvgIpc) is 2.39. The molecule has 4 nitrogen and oxygen atoms in total. The van der Waals surface area contributed by atoms with Gasteiger partial charge in [0.15, 0.2) is 0 Å². The molecule has 1 unspecified atom stereocenters. The Bertz CT molecular complexity index is 608.